The van der Waals surface area contributed by atoms with Gasteiger partial charge < -0.3 is 4.42 Å². The summed E-state index contributed by atoms with van der Waals surface area (Å²) >= 11 is 1.28. The van der Waals surface area contributed by atoms with E-state index >= 15 is 0 Å². The molecule has 30 heavy (non-hydrogen) atoms. The van der Waals surface area contributed by atoms with Crippen molar-refractivity contribution in [3.8, 4) is 11.3 Å². The van der Waals surface area contributed by atoms with Gasteiger partial charge in [0.25, 0.3) is 0 Å². The first kappa shape index (κ1) is 19.4. The molecular weight excluding hydrogens is 414 g/mol. The summed E-state index contributed by atoms with van der Waals surface area (Å²) in [5.41, 5.74) is 1.83. The number of furan rings is 1. The van der Waals surface area contributed by atoms with Gasteiger partial charge in [-0.3, -0.25) is 10.1 Å². The van der Waals surface area contributed by atoms with Gasteiger partial charge in [-0.05, 0) is 54.6 Å². The van der Waals surface area contributed by atoms with Gasteiger partial charge in [0, 0.05) is 10.9 Å². The lowest BCUT2D eigenvalue weighted by atomic mass is 10.2. The summed E-state index contributed by atoms with van der Waals surface area (Å²) in [4.78, 5) is 15.1. The maximum Gasteiger partial charge on any atom is 0.433 e. The molecule has 4 rings (SSSR count). The van der Waals surface area contributed by atoms with Crippen molar-refractivity contribution in [3.63, 3.8) is 0 Å². The standard InChI is InChI=1S/C20H12F2N4O3S/c21-14-3-1-13(2-4-14)18-12-30-20(24-16-7-5-15(22)6-8-16)25(18)23-11-17-9-10-19(29-17)26(27)28/h1-12H. The molecule has 0 aliphatic carbocycles. The second-order valence-corrected chi connectivity index (χ2v) is 6.82. The van der Waals surface area contributed by atoms with Gasteiger partial charge >= 0.3 is 5.88 Å². The minimum absolute atomic E-state index is 0.179. The highest BCUT2D eigenvalue weighted by Gasteiger charge is 2.12. The number of hydrogen-bond acceptors (Lipinski definition) is 6. The molecule has 0 aliphatic heterocycles. The summed E-state index contributed by atoms with van der Waals surface area (Å²) < 4.78 is 33.1. The Hall–Kier alpha value is -3.92. The predicted molar refractivity (Wildman–Crippen MR) is 108 cm³/mol. The van der Waals surface area contributed by atoms with E-state index in [4.69, 9.17) is 4.42 Å². The van der Waals surface area contributed by atoms with E-state index in [-0.39, 0.29) is 17.4 Å². The number of benzene rings is 2. The smallest absolute Gasteiger partial charge is 0.400 e. The van der Waals surface area contributed by atoms with E-state index in [0.717, 1.165) is 0 Å². The van der Waals surface area contributed by atoms with Crippen LogP contribution >= 0.6 is 11.3 Å². The van der Waals surface area contributed by atoms with Gasteiger partial charge in [0.2, 0.25) is 4.80 Å². The largest absolute Gasteiger partial charge is 0.433 e. The molecule has 0 saturated carbocycles. The van der Waals surface area contributed by atoms with Crippen LogP contribution in [0.15, 0.2) is 80.6 Å². The van der Waals surface area contributed by atoms with Crippen molar-refractivity contribution in [1.29, 1.82) is 0 Å². The van der Waals surface area contributed by atoms with Gasteiger partial charge in [-0.2, -0.15) is 5.10 Å². The van der Waals surface area contributed by atoms with Crippen molar-refractivity contribution >= 4 is 29.1 Å². The average Bonchev–Trinajstić information content (AvgIpc) is 3.36. The number of nitrogens with zero attached hydrogens (tertiary/aromatic N) is 4. The number of hydrogen-bond donors (Lipinski definition) is 0. The van der Waals surface area contributed by atoms with E-state index in [0.29, 0.717) is 21.7 Å². The first-order chi connectivity index (χ1) is 14.5. The Morgan fingerprint density at radius 2 is 1.67 bits per heavy atom. The Bertz CT molecular complexity index is 1290. The Morgan fingerprint density at radius 1 is 1.00 bits per heavy atom. The zero-order chi connectivity index (χ0) is 21.1. The molecule has 4 aromatic rings. The summed E-state index contributed by atoms with van der Waals surface area (Å²) in [5.74, 6) is -0.972. The third kappa shape index (κ3) is 4.23. The van der Waals surface area contributed by atoms with Gasteiger partial charge in [-0.1, -0.05) is 0 Å². The average molecular weight is 426 g/mol. The molecule has 2 aromatic heterocycles. The molecule has 0 bridgehead atoms. The summed E-state index contributed by atoms with van der Waals surface area (Å²) in [7, 11) is 0. The fourth-order valence-electron chi connectivity index (χ4n) is 2.56. The van der Waals surface area contributed by atoms with Crippen LogP contribution in [-0.4, -0.2) is 15.8 Å². The lowest BCUT2D eigenvalue weighted by Crippen LogP contribution is -2.11. The highest BCUT2D eigenvalue weighted by molar-refractivity contribution is 7.07. The van der Waals surface area contributed by atoms with Crippen LogP contribution in [0.5, 0.6) is 0 Å². The molecule has 0 aliphatic rings. The molecule has 0 atom stereocenters. The molecule has 7 nitrogen and oxygen atoms in total. The third-order valence-electron chi connectivity index (χ3n) is 3.97. The van der Waals surface area contributed by atoms with Crippen molar-refractivity contribution in [1.82, 2.24) is 4.68 Å². The number of halogens is 2. The van der Waals surface area contributed by atoms with E-state index in [1.807, 2.05) is 0 Å². The molecule has 0 spiro atoms. The fourth-order valence-corrected chi connectivity index (χ4v) is 3.41. The van der Waals surface area contributed by atoms with Crippen molar-refractivity contribution < 1.29 is 18.1 Å². The molecule has 0 N–H and O–H groups in total. The van der Waals surface area contributed by atoms with Gasteiger partial charge in [0.15, 0.2) is 5.76 Å². The minimum Gasteiger partial charge on any atom is -0.400 e. The van der Waals surface area contributed by atoms with E-state index in [1.54, 1.807) is 17.5 Å². The van der Waals surface area contributed by atoms with Crippen LogP contribution < -0.4 is 4.80 Å². The fraction of sp³-hybridized carbons (Fsp3) is 0. The lowest BCUT2D eigenvalue weighted by Gasteiger charge is -2.03. The monoisotopic (exact) mass is 426 g/mol. The second-order valence-electron chi connectivity index (χ2n) is 5.99. The first-order valence-corrected chi connectivity index (χ1v) is 9.43. The van der Waals surface area contributed by atoms with Gasteiger partial charge in [-0.15, -0.1) is 11.3 Å². The van der Waals surface area contributed by atoms with E-state index in [2.05, 4.69) is 10.1 Å². The van der Waals surface area contributed by atoms with Crippen molar-refractivity contribution in [2.24, 2.45) is 10.1 Å². The van der Waals surface area contributed by atoms with Crippen LogP contribution in [0, 0.1) is 21.7 Å². The molecule has 150 valence electrons. The third-order valence-corrected chi connectivity index (χ3v) is 4.79. The van der Waals surface area contributed by atoms with Gasteiger partial charge in [-0.25, -0.2) is 18.4 Å². The predicted octanol–water partition coefficient (Wildman–Crippen LogP) is 5.11. The summed E-state index contributed by atoms with van der Waals surface area (Å²) in [6, 6.07) is 14.1. The molecule has 0 radical (unpaired) electrons. The quantitative estimate of drug-likeness (QED) is 0.252. The minimum atomic E-state index is -0.645. The van der Waals surface area contributed by atoms with Gasteiger partial charge in [0.1, 0.15) is 16.6 Å². The van der Waals surface area contributed by atoms with Crippen molar-refractivity contribution in [2.45, 2.75) is 0 Å². The highest BCUT2D eigenvalue weighted by Crippen LogP contribution is 2.22. The van der Waals surface area contributed by atoms with Crippen molar-refractivity contribution in [3.05, 3.63) is 98.4 Å². The maximum absolute atomic E-state index is 13.3. The summed E-state index contributed by atoms with van der Waals surface area (Å²) in [6.45, 7) is 0. The Morgan fingerprint density at radius 3 is 2.30 bits per heavy atom. The Kier molecular flexibility index (Phi) is 5.31. The number of nitro groups is 1. The zero-order valence-electron chi connectivity index (χ0n) is 15.1. The molecule has 0 fully saturated rings. The second kappa shape index (κ2) is 8.21. The van der Waals surface area contributed by atoms with Crippen LogP contribution in [0.25, 0.3) is 11.3 Å². The van der Waals surface area contributed by atoms with E-state index < -0.39 is 10.8 Å². The van der Waals surface area contributed by atoms with E-state index in [1.165, 1.54) is 70.8 Å². The molecule has 10 heteroatoms. The van der Waals surface area contributed by atoms with Crippen LogP contribution in [0.3, 0.4) is 0 Å². The first-order valence-electron chi connectivity index (χ1n) is 8.55. The number of rotatable bonds is 5. The Labute approximate surface area is 172 Å². The topological polar surface area (TPSA) is 85.9 Å². The molecule has 2 heterocycles. The molecule has 0 amide bonds. The van der Waals surface area contributed by atoms with Crippen LogP contribution in [-0.2, 0) is 0 Å². The highest BCUT2D eigenvalue weighted by atomic mass is 32.1. The molecule has 0 unspecified atom stereocenters. The van der Waals surface area contributed by atoms with Crippen LogP contribution in [0.4, 0.5) is 20.4 Å². The zero-order valence-corrected chi connectivity index (χ0v) is 15.9. The SMILES string of the molecule is O=[N+]([O-])c1ccc(C=Nn2c(-c3ccc(F)cc3)csc2=Nc2ccc(F)cc2)o1. The summed E-state index contributed by atoms with van der Waals surface area (Å²) in [5, 5.41) is 16.9. The van der Waals surface area contributed by atoms with Crippen molar-refractivity contribution in [2.75, 3.05) is 0 Å². The Balaban J connectivity index is 1.80. The molecular formula is C20H12F2N4O3S. The number of thiazole rings is 1. The van der Waals surface area contributed by atoms with E-state index in [9.17, 15) is 18.9 Å². The van der Waals surface area contributed by atoms with Crippen LogP contribution in [0.2, 0.25) is 0 Å². The lowest BCUT2D eigenvalue weighted by molar-refractivity contribution is -0.402. The maximum atomic E-state index is 13.3. The van der Waals surface area contributed by atoms with Gasteiger partial charge in [0.05, 0.1) is 23.7 Å². The molecule has 2 aromatic carbocycles. The van der Waals surface area contributed by atoms with Crippen LogP contribution in [0.1, 0.15) is 5.76 Å². The summed E-state index contributed by atoms with van der Waals surface area (Å²) in [6.07, 6.45) is 1.32. The number of aromatic nitrogens is 1. The molecule has 0 saturated heterocycles. The normalized spacial score (nSPS) is 12.0.